The number of β-lactam (4-membered cyclic amide) rings is 1. The maximum atomic E-state index is 13.8. The van der Waals surface area contributed by atoms with Gasteiger partial charge in [-0.2, -0.15) is 0 Å². The predicted molar refractivity (Wildman–Crippen MR) is 141 cm³/mol. The largest absolute Gasteiger partial charge is 0.457 e. The normalized spacial score (nSPS) is 21.2. The van der Waals surface area contributed by atoms with Crippen molar-refractivity contribution in [3.63, 3.8) is 0 Å². The molecule has 2 heterocycles. The maximum absolute atomic E-state index is 13.8. The summed E-state index contributed by atoms with van der Waals surface area (Å²) in [5.41, 5.74) is -2.38. The number of Topliss-reactive ketones (excluding diaryl/α,β-unsaturated/α-hetero) is 1. The molecule has 0 aromatic heterocycles. The van der Waals surface area contributed by atoms with Crippen LogP contribution in [0.4, 0.5) is 0 Å². The van der Waals surface area contributed by atoms with E-state index in [4.69, 9.17) is 14.2 Å². The summed E-state index contributed by atoms with van der Waals surface area (Å²) in [7, 11) is -3.37. The third-order valence-corrected chi connectivity index (χ3v) is 8.66. The van der Waals surface area contributed by atoms with Crippen LogP contribution in [0.3, 0.4) is 0 Å². The second-order valence-electron chi connectivity index (χ2n) is 8.96. The number of ether oxygens (including phenoxy) is 3. The first kappa shape index (κ1) is 27.0. The van der Waals surface area contributed by atoms with Gasteiger partial charge in [0.1, 0.15) is 12.3 Å². The second-order valence-corrected chi connectivity index (χ2v) is 11.0. The molecule has 0 bridgehead atoms. The van der Waals surface area contributed by atoms with Crippen molar-refractivity contribution in [2.75, 3.05) is 13.7 Å². The van der Waals surface area contributed by atoms with Crippen LogP contribution in [0.1, 0.15) is 31.1 Å². The van der Waals surface area contributed by atoms with Crippen molar-refractivity contribution in [1.29, 1.82) is 0 Å². The van der Waals surface area contributed by atoms with E-state index in [2.05, 4.69) is 0 Å². The minimum absolute atomic E-state index is 0.0599. The number of allylic oxidation sites excluding steroid dienone is 1. The lowest BCUT2D eigenvalue weighted by Crippen LogP contribution is -2.72. The Hall–Kier alpha value is -4.61. The topological polar surface area (TPSA) is 133 Å². The maximum Gasteiger partial charge on any atom is 0.339 e. The molecule has 204 valence electrons. The molecule has 11 heteroatoms. The van der Waals surface area contributed by atoms with E-state index in [9.17, 15) is 27.6 Å². The van der Waals surface area contributed by atoms with Gasteiger partial charge in [0.15, 0.2) is 11.5 Å². The van der Waals surface area contributed by atoms with Gasteiger partial charge in [0, 0.05) is 12.7 Å². The number of methoxy groups -OCH3 is 1. The van der Waals surface area contributed by atoms with Gasteiger partial charge < -0.3 is 14.2 Å². The molecule has 0 saturated carbocycles. The van der Waals surface area contributed by atoms with Crippen molar-refractivity contribution < 1.29 is 41.8 Å². The van der Waals surface area contributed by atoms with Gasteiger partial charge in [-0.15, -0.1) is 0 Å². The van der Waals surface area contributed by atoms with Crippen molar-refractivity contribution in [2.24, 2.45) is 0 Å². The summed E-state index contributed by atoms with van der Waals surface area (Å²) < 4.78 is 43.8. The molecule has 3 aromatic rings. The monoisotopic (exact) mass is 561 g/mol. The van der Waals surface area contributed by atoms with Crippen molar-refractivity contribution >= 4 is 33.5 Å². The Morgan fingerprint density at radius 1 is 0.775 bits per heavy atom. The van der Waals surface area contributed by atoms with E-state index in [1.54, 1.807) is 54.6 Å². The zero-order valence-corrected chi connectivity index (χ0v) is 21.9. The second kappa shape index (κ2) is 10.9. The van der Waals surface area contributed by atoms with E-state index in [0.29, 0.717) is 0 Å². The molecule has 0 N–H and O–H groups in total. The van der Waals surface area contributed by atoms with Crippen LogP contribution >= 0.6 is 0 Å². The Balaban J connectivity index is 1.64. The lowest BCUT2D eigenvalue weighted by atomic mass is 9.98. The van der Waals surface area contributed by atoms with Gasteiger partial charge in [0.2, 0.25) is 21.1 Å². The Morgan fingerprint density at radius 3 is 1.80 bits per heavy atom. The van der Waals surface area contributed by atoms with Crippen molar-refractivity contribution in [2.45, 2.75) is 16.9 Å². The first-order chi connectivity index (χ1) is 19.3. The van der Waals surface area contributed by atoms with Crippen LogP contribution in [-0.4, -0.2) is 67.6 Å². The number of amides is 1. The number of benzene rings is 3. The molecule has 0 radical (unpaired) electrons. The fraction of sp³-hybridized carbons (Fsp3) is 0.172. The molecular formula is C29H23NO9S. The van der Waals surface area contributed by atoms with Crippen molar-refractivity contribution in [1.82, 2.24) is 4.90 Å². The van der Waals surface area contributed by atoms with Crippen LogP contribution in [0.25, 0.3) is 0 Å². The van der Waals surface area contributed by atoms with Gasteiger partial charge in [0.05, 0.1) is 16.7 Å². The number of sulfone groups is 1. The molecule has 0 spiro atoms. The van der Waals surface area contributed by atoms with Gasteiger partial charge in [-0.3, -0.25) is 14.5 Å². The van der Waals surface area contributed by atoms with Crippen LogP contribution in [0.2, 0.25) is 0 Å². The average molecular weight is 562 g/mol. The van der Waals surface area contributed by atoms with Crippen LogP contribution in [0.15, 0.2) is 102 Å². The molecule has 2 aliphatic heterocycles. The van der Waals surface area contributed by atoms with Crippen molar-refractivity contribution in [3.05, 3.63) is 119 Å². The predicted octanol–water partition coefficient (Wildman–Crippen LogP) is 2.78. The number of ketones is 1. The lowest BCUT2D eigenvalue weighted by Gasteiger charge is -2.50. The highest BCUT2D eigenvalue weighted by Gasteiger charge is 2.64. The number of rotatable bonds is 8. The summed E-state index contributed by atoms with van der Waals surface area (Å²) in [5.74, 6) is -3.28. The van der Waals surface area contributed by atoms with Gasteiger partial charge in [0.25, 0.3) is 5.91 Å². The van der Waals surface area contributed by atoms with Gasteiger partial charge in [-0.1, -0.05) is 66.7 Å². The fourth-order valence-electron chi connectivity index (χ4n) is 4.60. The Morgan fingerprint density at radius 2 is 1.27 bits per heavy atom. The summed E-state index contributed by atoms with van der Waals surface area (Å²) in [6.07, 6.45) is -1.42. The number of hydrogen-bond acceptors (Lipinski definition) is 9. The van der Waals surface area contributed by atoms with Crippen LogP contribution in [0, 0.1) is 0 Å². The van der Waals surface area contributed by atoms with Crippen LogP contribution in [-0.2, 0) is 28.8 Å². The molecular weight excluding hydrogens is 538 g/mol. The van der Waals surface area contributed by atoms with E-state index in [1.165, 1.54) is 43.5 Å². The zero-order chi connectivity index (χ0) is 28.4. The Bertz CT molecular complexity index is 1600. The molecule has 5 rings (SSSR count). The number of carbonyl (C=O) groups is 4. The molecule has 10 nitrogen and oxygen atoms in total. The molecule has 1 saturated heterocycles. The average Bonchev–Trinajstić information content (AvgIpc) is 2.98. The van der Waals surface area contributed by atoms with Gasteiger partial charge >= 0.3 is 11.9 Å². The summed E-state index contributed by atoms with van der Waals surface area (Å²) in [4.78, 5) is 53.5. The number of hydrogen-bond donors (Lipinski definition) is 0. The molecule has 1 unspecified atom stereocenters. The van der Waals surface area contributed by atoms with Gasteiger partial charge in [-0.25, -0.2) is 18.0 Å². The van der Waals surface area contributed by atoms with E-state index in [1.807, 2.05) is 0 Å². The lowest BCUT2D eigenvalue weighted by molar-refractivity contribution is -0.159. The van der Waals surface area contributed by atoms with Gasteiger partial charge in [-0.05, 0) is 24.3 Å². The molecule has 0 aliphatic carbocycles. The van der Waals surface area contributed by atoms with E-state index < -0.39 is 57.0 Å². The third-order valence-electron chi connectivity index (χ3n) is 6.56. The summed E-state index contributed by atoms with van der Waals surface area (Å²) in [6, 6.07) is 23.5. The third kappa shape index (κ3) is 4.69. The van der Waals surface area contributed by atoms with E-state index in [-0.39, 0.29) is 28.0 Å². The highest BCUT2D eigenvalue weighted by atomic mass is 32.2. The number of carbonyl (C=O) groups excluding carboxylic acids is 4. The number of fused-ring (bicyclic) bond motifs is 1. The first-order valence-corrected chi connectivity index (χ1v) is 13.8. The fourth-order valence-corrected chi connectivity index (χ4v) is 6.73. The molecule has 1 fully saturated rings. The van der Waals surface area contributed by atoms with E-state index in [0.717, 1.165) is 4.90 Å². The van der Waals surface area contributed by atoms with Crippen LogP contribution < -0.4 is 0 Å². The SMILES string of the molecule is CO[C@H]1C(=O)N2C(C(=O)c3ccccc3)=C(COC(=O)c3ccccc3)C(OC(=O)c3ccccc3)S(=O)(=O)[C@@H]12. The molecule has 1 amide bonds. The van der Waals surface area contributed by atoms with Crippen molar-refractivity contribution in [3.8, 4) is 0 Å². The first-order valence-electron chi connectivity index (χ1n) is 12.1. The molecule has 3 atom stereocenters. The highest BCUT2D eigenvalue weighted by molar-refractivity contribution is 7.93. The molecule has 3 aromatic carbocycles. The standard InChI is InChI=1S/C29H23NO9S/c1-37-24-25(32)30-22(23(31)18-11-5-2-6-12-18)21(17-38-27(33)19-13-7-3-8-14-19)29(40(35,36)26(24)30)39-28(34)20-15-9-4-10-16-20/h2-16,24,26,29H,17H2,1H3/t24-,26-,29?/m0/s1. The Kier molecular flexibility index (Phi) is 7.33. The number of esters is 2. The summed E-state index contributed by atoms with van der Waals surface area (Å²) in [6.45, 7) is -0.748. The highest BCUT2D eigenvalue weighted by Crippen LogP contribution is 2.43. The minimum Gasteiger partial charge on any atom is -0.457 e. The zero-order valence-electron chi connectivity index (χ0n) is 21.1. The Labute approximate surface area is 229 Å². The summed E-state index contributed by atoms with van der Waals surface area (Å²) in [5, 5.41) is -1.63. The van der Waals surface area contributed by atoms with Crippen LogP contribution in [0.5, 0.6) is 0 Å². The quantitative estimate of drug-likeness (QED) is 0.231. The molecule has 40 heavy (non-hydrogen) atoms. The minimum atomic E-state index is -4.54. The van der Waals surface area contributed by atoms with E-state index >= 15 is 0 Å². The number of nitrogens with zero attached hydrogens (tertiary/aromatic N) is 1. The smallest absolute Gasteiger partial charge is 0.339 e. The molecule has 2 aliphatic rings. The summed E-state index contributed by atoms with van der Waals surface area (Å²) >= 11 is 0.